The van der Waals surface area contributed by atoms with Gasteiger partial charge in [-0.2, -0.15) is 0 Å². The van der Waals surface area contributed by atoms with Crippen LogP contribution in [0.5, 0.6) is 0 Å². The number of imidazole rings is 2. The Morgan fingerprint density at radius 2 is 2.33 bits per heavy atom. The number of ether oxygens (including phenoxy) is 1. The van der Waals surface area contributed by atoms with Crippen molar-refractivity contribution in [2.45, 2.75) is 24.9 Å². The van der Waals surface area contributed by atoms with E-state index >= 15 is 0 Å². The van der Waals surface area contributed by atoms with Gasteiger partial charge in [-0.3, -0.25) is 18.7 Å². The Balaban J connectivity index is 1.92. The van der Waals surface area contributed by atoms with Crippen LogP contribution in [0.25, 0.3) is 16.9 Å². The van der Waals surface area contributed by atoms with Crippen LogP contribution in [-0.4, -0.2) is 52.9 Å². The lowest BCUT2D eigenvalue weighted by Crippen LogP contribution is -2.24. The lowest BCUT2D eigenvalue weighted by molar-refractivity contribution is -0.0432. The summed E-state index contributed by atoms with van der Waals surface area (Å²) in [4.78, 5) is 22.8. The van der Waals surface area contributed by atoms with Crippen LogP contribution in [0.4, 0.5) is 0 Å². The molecule has 0 aliphatic carbocycles. The van der Waals surface area contributed by atoms with Crippen LogP contribution in [0, 0.1) is 0 Å². The molecule has 9 nitrogen and oxygen atoms in total. The molecule has 1 fully saturated rings. The molecule has 1 unspecified atom stereocenters. The first kappa shape index (κ1) is 12.5. The van der Waals surface area contributed by atoms with E-state index in [1.807, 2.05) is 0 Å². The third kappa shape index (κ3) is 1.71. The number of fused-ring (bicyclic) bond motifs is 3. The van der Waals surface area contributed by atoms with E-state index in [-0.39, 0.29) is 17.7 Å². The Hall–Kier alpha value is -2.23. The summed E-state index contributed by atoms with van der Waals surface area (Å²) in [6, 6.07) is 0. The summed E-state index contributed by atoms with van der Waals surface area (Å²) in [5, 5.41) is 19.0. The van der Waals surface area contributed by atoms with Crippen molar-refractivity contribution in [3.63, 3.8) is 0 Å². The van der Waals surface area contributed by atoms with Crippen molar-refractivity contribution >= 4 is 16.9 Å². The molecule has 3 N–H and O–H groups in total. The quantitative estimate of drug-likeness (QED) is 0.558. The Morgan fingerprint density at radius 1 is 1.48 bits per heavy atom. The monoisotopic (exact) mass is 291 g/mol. The van der Waals surface area contributed by atoms with Crippen molar-refractivity contribution in [2.75, 3.05) is 6.61 Å². The minimum Gasteiger partial charge on any atom is -0.394 e. The van der Waals surface area contributed by atoms with E-state index in [0.29, 0.717) is 17.8 Å². The summed E-state index contributed by atoms with van der Waals surface area (Å²) in [5.74, 6) is 0.409. The fourth-order valence-corrected chi connectivity index (χ4v) is 2.74. The molecule has 9 heteroatoms. The fourth-order valence-electron chi connectivity index (χ4n) is 2.74. The lowest BCUT2D eigenvalue weighted by atomic mass is 10.2. The van der Waals surface area contributed by atoms with Crippen molar-refractivity contribution in [3.05, 3.63) is 29.1 Å². The molecule has 0 amide bonds. The predicted octanol–water partition coefficient (Wildman–Crippen LogP) is -0.987. The maximum Gasteiger partial charge on any atom is 0.280 e. The summed E-state index contributed by atoms with van der Waals surface area (Å²) in [5.41, 5.74) is 0.479. The standard InChI is InChI=1S/C12H13N5O4/c18-4-7-6(19)3-8(21-7)17-5-14-9-10(20)15-12-13-1-2-16(12)11(9)17/h1-2,5-8,18-19H,3-4H2,(H,13,15,20)/t6?,7-,8-/m1/s1. The molecule has 1 aliphatic heterocycles. The first-order valence-corrected chi connectivity index (χ1v) is 6.55. The molecule has 21 heavy (non-hydrogen) atoms. The second kappa shape index (κ2) is 4.38. The van der Waals surface area contributed by atoms with Crippen LogP contribution < -0.4 is 5.56 Å². The van der Waals surface area contributed by atoms with Crippen LogP contribution >= 0.6 is 0 Å². The van der Waals surface area contributed by atoms with E-state index in [4.69, 9.17) is 9.84 Å². The second-order valence-electron chi connectivity index (χ2n) is 5.01. The number of hydrogen-bond acceptors (Lipinski definition) is 6. The maximum atomic E-state index is 12.0. The smallest absolute Gasteiger partial charge is 0.280 e. The number of nitrogens with zero attached hydrogens (tertiary/aromatic N) is 4. The number of hydrogen-bond donors (Lipinski definition) is 3. The van der Waals surface area contributed by atoms with Gasteiger partial charge >= 0.3 is 0 Å². The van der Waals surface area contributed by atoms with Crippen molar-refractivity contribution in [2.24, 2.45) is 0 Å². The Bertz CT molecular complexity index is 865. The van der Waals surface area contributed by atoms with Gasteiger partial charge in [0, 0.05) is 18.8 Å². The van der Waals surface area contributed by atoms with E-state index in [2.05, 4.69) is 15.0 Å². The molecular formula is C12H13N5O4. The zero-order valence-electron chi connectivity index (χ0n) is 10.9. The molecule has 110 valence electrons. The molecule has 4 heterocycles. The van der Waals surface area contributed by atoms with Gasteiger partial charge in [-0.1, -0.05) is 0 Å². The lowest BCUT2D eigenvalue weighted by Gasteiger charge is -2.14. The highest BCUT2D eigenvalue weighted by molar-refractivity contribution is 5.72. The number of aromatic nitrogens is 5. The second-order valence-corrected chi connectivity index (χ2v) is 5.01. The predicted molar refractivity (Wildman–Crippen MR) is 70.7 cm³/mol. The van der Waals surface area contributed by atoms with Crippen LogP contribution in [0.2, 0.25) is 0 Å². The third-order valence-electron chi connectivity index (χ3n) is 3.77. The fraction of sp³-hybridized carbons (Fsp3) is 0.417. The van der Waals surface area contributed by atoms with Gasteiger partial charge in [0.15, 0.2) is 11.2 Å². The SMILES string of the molecule is O=c1[nH]c2nccn2c2c1ncn2[C@H]1CC(O)[C@@H](CO)O1. The minimum absolute atomic E-state index is 0.259. The van der Waals surface area contributed by atoms with Gasteiger partial charge in [0.2, 0.25) is 5.78 Å². The Labute approximate surface area is 117 Å². The first-order chi connectivity index (χ1) is 10.2. The topological polar surface area (TPSA) is 118 Å². The average molecular weight is 291 g/mol. The van der Waals surface area contributed by atoms with Crippen LogP contribution in [0.1, 0.15) is 12.6 Å². The van der Waals surface area contributed by atoms with Crippen LogP contribution in [-0.2, 0) is 4.74 Å². The highest BCUT2D eigenvalue weighted by Gasteiger charge is 2.35. The molecule has 0 saturated carbocycles. The van der Waals surface area contributed by atoms with E-state index < -0.39 is 18.4 Å². The Morgan fingerprint density at radius 3 is 3.10 bits per heavy atom. The summed E-state index contributed by atoms with van der Waals surface area (Å²) in [6.45, 7) is -0.259. The molecule has 4 rings (SSSR count). The molecule has 0 spiro atoms. The van der Waals surface area contributed by atoms with Gasteiger partial charge in [-0.05, 0) is 0 Å². The average Bonchev–Trinajstić information content (AvgIpc) is 3.14. The van der Waals surface area contributed by atoms with Crippen LogP contribution in [0.3, 0.4) is 0 Å². The summed E-state index contributed by atoms with van der Waals surface area (Å²) >= 11 is 0. The van der Waals surface area contributed by atoms with E-state index in [1.54, 1.807) is 21.4 Å². The van der Waals surface area contributed by atoms with Gasteiger partial charge in [-0.15, -0.1) is 0 Å². The summed E-state index contributed by atoms with van der Waals surface area (Å²) < 4.78 is 9.00. The highest BCUT2D eigenvalue weighted by Crippen LogP contribution is 2.30. The highest BCUT2D eigenvalue weighted by atomic mass is 16.5. The summed E-state index contributed by atoms with van der Waals surface area (Å²) in [6.07, 6.45) is 3.22. The summed E-state index contributed by atoms with van der Waals surface area (Å²) in [7, 11) is 0. The number of aromatic amines is 1. The molecule has 3 aromatic heterocycles. The van der Waals surface area contributed by atoms with Crippen molar-refractivity contribution < 1.29 is 14.9 Å². The number of nitrogens with one attached hydrogen (secondary N) is 1. The van der Waals surface area contributed by atoms with Crippen molar-refractivity contribution in [1.82, 2.24) is 23.9 Å². The van der Waals surface area contributed by atoms with Gasteiger partial charge in [-0.25, -0.2) is 9.97 Å². The zero-order chi connectivity index (χ0) is 14.6. The molecule has 0 aromatic carbocycles. The van der Waals surface area contributed by atoms with E-state index in [0.717, 1.165) is 0 Å². The van der Waals surface area contributed by atoms with E-state index in [1.165, 1.54) is 6.33 Å². The number of aliphatic hydroxyl groups is 2. The largest absolute Gasteiger partial charge is 0.394 e. The van der Waals surface area contributed by atoms with Gasteiger partial charge < -0.3 is 14.9 Å². The zero-order valence-corrected chi connectivity index (χ0v) is 10.9. The number of rotatable bonds is 2. The molecule has 1 aliphatic rings. The molecule has 3 atom stereocenters. The van der Waals surface area contributed by atoms with E-state index in [9.17, 15) is 9.90 Å². The van der Waals surface area contributed by atoms with Gasteiger partial charge in [0.05, 0.1) is 19.0 Å². The number of H-pyrrole nitrogens is 1. The normalized spacial score (nSPS) is 26.1. The molecular weight excluding hydrogens is 278 g/mol. The van der Waals surface area contributed by atoms with Crippen molar-refractivity contribution in [3.8, 4) is 0 Å². The maximum absolute atomic E-state index is 12.0. The number of aliphatic hydroxyl groups excluding tert-OH is 2. The van der Waals surface area contributed by atoms with Gasteiger partial charge in [0.25, 0.3) is 5.56 Å². The van der Waals surface area contributed by atoms with Crippen LogP contribution in [0.15, 0.2) is 23.5 Å². The minimum atomic E-state index is -0.752. The molecule has 0 radical (unpaired) electrons. The molecule has 0 bridgehead atoms. The van der Waals surface area contributed by atoms with Crippen molar-refractivity contribution in [1.29, 1.82) is 0 Å². The molecule has 3 aromatic rings. The first-order valence-electron chi connectivity index (χ1n) is 6.55. The third-order valence-corrected chi connectivity index (χ3v) is 3.77. The Kier molecular flexibility index (Phi) is 2.61. The molecule has 1 saturated heterocycles. The van der Waals surface area contributed by atoms with Gasteiger partial charge in [0.1, 0.15) is 12.3 Å².